The lowest BCUT2D eigenvalue weighted by atomic mass is 10.2. The van der Waals surface area contributed by atoms with E-state index in [1.54, 1.807) is 30.3 Å². The molecular weight excluding hydrogens is 532 g/mol. The Morgan fingerprint density at radius 2 is 1.97 bits per heavy atom. The zero-order chi connectivity index (χ0) is 21.5. The number of hydrogen-bond donors (Lipinski definition) is 1. The number of aliphatic imine (C=N–C) groups is 1. The predicted molar refractivity (Wildman–Crippen MR) is 116 cm³/mol. The van der Waals surface area contributed by atoms with E-state index in [4.69, 9.17) is 9.84 Å². The topological polar surface area (TPSA) is 71.8 Å². The van der Waals surface area contributed by atoms with Crippen LogP contribution in [0.5, 0.6) is 11.5 Å². The summed E-state index contributed by atoms with van der Waals surface area (Å²) in [6.45, 7) is 0. The van der Waals surface area contributed by atoms with E-state index in [2.05, 4.69) is 9.98 Å². The number of carboxylic acid groups (broad SMARTS) is 1. The summed E-state index contributed by atoms with van der Waals surface area (Å²) in [4.78, 5) is 19.7. The molecule has 1 aromatic heterocycles. The molecule has 0 fully saturated rings. The van der Waals surface area contributed by atoms with Crippen molar-refractivity contribution < 1.29 is 27.8 Å². The Balaban J connectivity index is 1.61. The molecule has 1 N–H and O–H groups in total. The first-order chi connectivity index (χ1) is 14.2. The van der Waals surface area contributed by atoms with Crippen LogP contribution in [0.1, 0.15) is 11.3 Å². The quantitative estimate of drug-likeness (QED) is 0.434. The number of carbonyl (C=O) groups is 1. The molecule has 2 heterocycles. The number of benzene rings is 2. The molecule has 0 spiro atoms. The number of aliphatic carboxylic acids is 1. The summed E-state index contributed by atoms with van der Waals surface area (Å²) >= 11 is 3.26. The van der Waals surface area contributed by atoms with Gasteiger partial charge in [-0.3, -0.25) is 4.99 Å². The van der Waals surface area contributed by atoms with Crippen LogP contribution >= 0.6 is 34.4 Å². The lowest BCUT2D eigenvalue weighted by molar-refractivity contribution is -0.138. The van der Waals surface area contributed by atoms with Gasteiger partial charge in [-0.2, -0.15) is 13.2 Å². The van der Waals surface area contributed by atoms with Crippen LogP contribution in [0.4, 0.5) is 13.2 Å². The van der Waals surface area contributed by atoms with Crippen molar-refractivity contribution in [3.8, 4) is 11.5 Å². The van der Waals surface area contributed by atoms with Crippen LogP contribution in [-0.4, -0.2) is 32.9 Å². The lowest BCUT2D eigenvalue weighted by Crippen LogP contribution is -2.17. The minimum atomic E-state index is -4.45. The average molecular weight is 544 g/mol. The van der Waals surface area contributed by atoms with Gasteiger partial charge in [-0.1, -0.05) is 6.07 Å². The Morgan fingerprint density at radius 1 is 1.17 bits per heavy atom. The highest BCUT2D eigenvalue weighted by molar-refractivity contribution is 14.1. The lowest BCUT2D eigenvalue weighted by Gasteiger charge is -2.12. The molecule has 4 rings (SSSR count). The number of fused-ring (bicyclic) bond motifs is 1. The van der Waals surface area contributed by atoms with Crippen molar-refractivity contribution in [1.29, 1.82) is 0 Å². The number of ether oxygens (including phenoxy) is 1. The van der Waals surface area contributed by atoms with Crippen molar-refractivity contribution in [3.63, 3.8) is 0 Å². The largest absolute Gasteiger partial charge is 0.480 e. The molecular formula is C20H12F3IN2O3S. The summed E-state index contributed by atoms with van der Waals surface area (Å²) < 4.78 is 45.2. The average Bonchev–Trinajstić information content (AvgIpc) is 3.19. The maximum absolute atomic E-state index is 13.0. The van der Waals surface area contributed by atoms with Crippen LogP contribution in [0.2, 0.25) is 0 Å². The first-order valence-corrected chi connectivity index (χ1v) is 10.7. The zero-order valence-electron chi connectivity index (χ0n) is 15.0. The number of thioether (sulfide) groups is 1. The van der Waals surface area contributed by atoms with Crippen molar-refractivity contribution in [2.24, 2.45) is 4.99 Å². The van der Waals surface area contributed by atoms with Crippen LogP contribution in [0, 0.1) is 3.57 Å². The SMILES string of the molecule is O=C(O)[C@H]1CSC(c2ccc3cc(Oc4cc(C(F)(F)F)ccc4I)ccc3n2)=N1. The van der Waals surface area contributed by atoms with E-state index in [9.17, 15) is 18.0 Å². The Morgan fingerprint density at radius 3 is 2.67 bits per heavy atom. The second-order valence-corrected chi connectivity index (χ2v) is 8.57. The molecule has 2 aromatic carbocycles. The second kappa shape index (κ2) is 8.06. The van der Waals surface area contributed by atoms with E-state index in [0.29, 0.717) is 31.3 Å². The van der Waals surface area contributed by atoms with E-state index in [-0.39, 0.29) is 5.75 Å². The van der Waals surface area contributed by atoms with Gasteiger partial charge < -0.3 is 9.84 Å². The van der Waals surface area contributed by atoms with E-state index < -0.39 is 23.8 Å². The van der Waals surface area contributed by atoms with Crippen molar-refractivity contribution in [1.82, 2.24) is 4.98 Å². The number of aromatic nitrogens is 1. The van der Waals surface area contributed by atoms with Gasteiger partial charge in [0.25, 0.3) is 0 Å². The second-order valence-electron chi connectivity index (χ2n) is 6.40. The van der Waals surface area contributed by atoms with Crippen molar-refractivity contribution in [2.75, 3.05) is 5.75 Å². The van der Waals surface area contributed by atoms with Crippen molar-refractivity contribution in [2.45, 2.75) is 12.2 Å². The van der Waals surface area contributed by atoms with Gasteiger partial charge in [-0.15, -0.1) is 11.8 Å². The molecule has 0 saturated carbocycles. The van der Waals surface area contributed by atoms with Crippen LogP contribution in [0.25, 0.3) is 10.9 Å². The maximum atomic E-state index is 13.0. The Kier molecular flexibility index (Phi) is 5.62. The Bertz CT molecular complexity index is 1180. The molecule has 10 heteroatoms. The van der Waals surface area contributed by atoms with Crippen LogP contribution in [0.15, 0.2) is 53.5 Å². The molecule has 0 aliphatic carbocycles. The summed E-state index contributed by atoms with van der Waals surface area (Å²) in [7, 11) is 0. The minimum Gasteiger partial charge on any atom is -0.480 e. The van der Waals surface area contributed by atoms with Gasteiger partial charge in [0.1, 0.15) is 16.5 Å². The number of pyridine rings is 1. The standard InChI is InChI=1S/C20H12F3IN2O3S/c21-20(22,23)11-2-4-13(24)17(8-11)29-12-3-6-14-10(7-12)1-5-15(25-14)18-26-16(9-30-18)19(27)28/h1-8,16H,9H2,(H,27,28)/t16-/m1/s1. The van der Waals surface area contributed by atoms with Gasteiger partial charge in [0, 0.05) is 11.1 Å². The number of nitrogens with zero attached hydrogens (tertiary/aromatic N) is 2. The molecule has 1 atom stereocenters. The third kappa shape index (κ3) is 4.38. The molecule has 0 bridgehead atoms. The molecule has 1 aliphatic rings. The smallest absolute Gasteiger partial charge is 0.416 e. The number of carboxylic acids is 1. The molecule has 154 valence electrons. The molecule has 0 saturated heterocycles. The summed E-state index contributed by atoms with van der Waals surface area (Å²) in [5.74, 6) is -0.102. The summed E-state index contributed by atoms with van der Waals surface area (Å²) in [5, 5.41) is 10.4. The van der Waals surface area contributed by atoms with E-state index in [1.165, 1.54) is 17.8 Å². The molecule has 0 radical (unpaired) electrons. The fourth-order valence-electron chi connectivity index (χ4n) is 2.81. The number of hydrogen-bond acceptors (Lipinski definition) is 5. The van der Waals surface area contributed by atoms with Crippen LogP contribution in [0.3, 0.4) is 0 Å². The highest BCUT2D eigenvalue weighted by Gasteiger charge is 2.31. The van der Waals surface area contributed by atoms with Gasteiger partial charge >= 0.3 is 12.1 Å². The molecule has 30 heavy (non-hydrogen) atoms. The Hall–Kier alpha value is -2.34. The van der Waals surface area contributed by atoms with Gasteiger partial charge in [0.15, 0.2) is 6.04 Å². The normalized spacial score (nSPS) is 16.5. The predicted octanol–water partition coefficient (Wildman–Crippen LogP) is 5.60. The minimum absolute atomic E-state index is 0.116. The molecule has 3 aromatic rings. The van der Waals surface area contributed by atoms with Gasteiger partial charge in [-0.05, 0) is 65.1 Å². The van der Waals surface area contributed by atoms with E-state index in [0.717, 1.165) is 17.5 Å². The van der Waals surface area contributed by atoms with Crippen LogP contribution in [-0.2, 0) is 11.0 Å². The highest BCUT2D eigenvalue weighted by Crippen LogP contribution is 2.36. The third-order valence-corrected chi connectivity index (χ3v) is 6.26. The first-order valence-electron chi connectivity index (χ1n) is 8.60. The van der Waals surface area contributed by atoms with Gasteiger partial charge in [0.2, 0.25) is 0 Å². The summed E-state index contributed by atoms with van der Waals surface area (Å²) in [6.07, 6.45) is -4.45. The monoisotopic (exact) mass is 544 g/mol. The van der Waals surface area contributed by atoms with E-state index in [1.807, 2.05) is 22.6 Å². The molecule has 1 aliphatic heterocycles. The molecule has 0 amide bonds. The van der Waals surface area contributed by atoms with Gasteiger partial charge in [-0.25, -0.2) is 9.78 Å². The van der Waals surface area contributed by atoms with Gasteiger partial charge in [0.05, 0.1) is 20.3 Å². The van der Waals surface area contributed by atoms with Crippen molar-refractivity contribution in [3.05, 3.63) is 63.4 Å². The summed E-state index contributed by atoms with van der Waals surface area (Å²) in [6, 6.07) is 11.1. The van der Waals surface area contributed by atoms with Crippen LogP contribution < -0.4 is 4.74 Å². The fourth-order valence-corrected chi connectivity index (χ4v) is 4.25. The molecule has 5 nitrogen and oxygen atoms in total. The Labute approximate surface area is 186 Å². The summed E-state index contributed by atoms with van der Waals surface area (Å²) in [5.41, 5.74) is 0.442. The number of alkyl halides is 3. The number of halogens is 4. The number of rotatable bonds is 4. The highest BCUT2D eigenvalue weighted by atomic mass is 127. The van der Waals surface area contributed by atoms with Crippen molar-refractivity contribution >= 4 is 56.3 Å². The zero-order valence-corrected chi connectivity index (χ0v) is 18.0. The molecule has 0 unspecified atom stereocenters. The maximum Gasteiger partial charge on any atom is 0.416 e. The fraction of sp³-hybridized carbons (Fsp3) is 0.150. The van der Waals surface area contributed by atoms with E-state index >= 15 is 0 Å². The third-order valence-electron chi connectivity index (χ3n) is 4.30. The first kappa shape index (κ1) is 20.9.